The van der Waals surface area contributed by atoms with Gasteiger partial charge in [-0.2, -0.15) is 4.98 Å². The van der Waals surface area contributed by atoms with Crippen molar-refractivity contribution in [2.45, 2.75) is 13.0 Å². The van der Waals surface area contributed by atoms with E-state index in [4.69, 9.17) is 11.6 Å². The molecular weight excluding hydrogens is 470 g/mol. The van der Waals surface area contributed by atoms with Crippen LogP contribution in [-0.4, -0.2) is 30.6 Å². The van der Waals surface area contributed by atoms with E-state index in [0.29, 0.717) is 39.4 Å². The third kappa shape index (κ3) is 4.11. The highest BCUT2D eigenvalue weighted by molar-refractivity contribution is 6.33. The van der Waals surface area contributed by atoms with Crippen molar-refractivity contribution in [3.63, 3.8) is 0 Å². The second-order valence-electron chi connectivity index (χ2n) is 7.73. The lowest BCUT2D eigenvalue weighted by atomic mass is 9.94. The molecule has 3 heterocycles. The number of pyridine rings is 1. The molecule has 1 aliphatic rings. The predicted molar refractivity (Wildman–Crippen MR) is 131 cm³/mol. The summed E-state index contributed by atoms with van der Waals surface area (Å²) in [6, 6.07) is 17.6. The fourth-order valence-corrected chi connectivity index (χ4v) is 4.21. The van der Waals surface area contributed by atoms with Gasteiger partial charge in [-0.3, -0.25) is 14.9 Å². The summed E-state index contributed by atoms with van der Waals surface area (Å²) in [7, 11) is 0. The number of hydrogen-bond donors (Lipinski definition) is 2. The Balaban J connectivity index is 1.68. The Labute approximate surface area is 204 Å². The van der Waals surface area contributed by atoms with Crippen molar-refractivity contribution >= 4 is 35.0 Å². The van der Waals surface area contributed by atoms with Crippen LogP contribution in [-0.2, 0) is 4.79 Å². The maximum Gasteiger partial charge on any atom is 0.275 e. The average molecular weight is 488 g/mol. The van der Waals surface area contributed by atoms with Crippen molar-refractivity contribution in [3.05, 3.63) is 105 Å². The molecule has 0 spiro atoms. The molecule has 0 aliphatic carbocycles. The molecule has 4 aromatic rings. The number of rotatable bonds is 5. The van der Waals surface area contributed by atoms with E-state index in [-0.39, 0.29) is 11.3 Å². The number of allylic oxidation sites excluding steroid dienone is 1. The van der Waals surface area contributed by atoms with Gasteiger partial charge in [0.05, 0.1) is 21.1 Å². The van der Waals surface area contributed by atoms with E-state index in [0.717, 1.165) is 0 Å². The lowest BCUT2D eigenvalue weighted by Crippen LogP contribution is -2.32. The summed E-state index contributed by atoms with van der Waals surface area (Å²) in [6.45, 7) is 1.71. The van der Waals surface area contributed by atoms with Crippen molar-refractivity contribution < 1.29 is 9.72 Å². The first-order valence-electron chi connectivity index (χ1n) is 10.6. The van der Waals surface area contributed by atoms with Gasteiger partial charge in [0.2, 0.25) is 5.95 Å². The molecule has 0 bridgehead atoms. The molecule has 11 heteroatoms. The van der Waals surface area contributed by atoms with Gasteiger partial charge in [0.25, 0.3) is 11.6 Å². The second-order valence-corrected chi connectivity index (χ2v) is 8.14. The van der Waals surface area contributed by atoms with Crippen LogP contribution < -0.4 is 10.6 Å². The van der Waals surface area contributed by atoms with E-state index in [1.165, 1.54) is 10.7 Å². The molecule has 0 fully saturated rings. The maximum absolute atomic E-state index is 13.5. The molecule has 2 aromatic heterocycles. The molecule has 2 N–H and O–H groups in total. The summed E-state index contributed by atoms with van der Waals surface area (Å²) in [5.74, 6) is 0.522. The van der Waals surface area contributed by atoms with E-state index in [1.807, 2.05) is 6.07 Å². The number of para-hydroxylation sites is 1. The fraction of sp³-hybridized carbons (Fsp3) is 0.0833. The number of benzene rings is 2. The topological polar surface area (TPSA) is 128 Å². The second kappa shape index (κ2) is 8.99. The normalized spacial score (nSPS) is 14.7. The predicted octanol–water partition coefficient (Wildman–Crippen LogP) is 4.83. The summed E-state index contributed by atoms with van der Waals surface area (Å²) in [5, 5.41) is 22.8. The van der Waals surface area contributed by atoms with Gasteiger partial charge in [0.15, 0.2) is 5.82 Å². The standard InChI is InChI=1S/C24H18ClN7O3/c1-14-20(23(33)28-19-12-6-7-13-26-19)21(16-9-3-5-11-18(16)32(34)35)31-24(27-14)29-22(30-31)15-8-2-4-10-17(15)25/h2-13,21H,1H3,(H,26,28,33)(H,27,29,30). The fourth-order valence-electron chi connectivity index (χ4n) is 3.99. The monoisotopic (exact) mass is 487 g/mol. The van der Waals surface area contributed by atoms with Gasteiger partial charge >= 0.3 is 0 Å². The summed E-state index contributed by atoms with van der Waals surface area (Å²) in [4.78, 5) is 33.6. The van der Waals surface area contributed by atoms with E-state index in [1.54, 1.807) is 67.7 Å². The number of anilines is 2. The Morgan fingerprint density at radius 2 is 1.86 bits per heavy atom. The number of carbonyl (C=O) groups is 1. The Bertz CT molecular complexity index is 1480. The van der Waals surface area contributed by atoms with Crippen LogP contribution in [0.25, 0.3) is 11.4 Å². The highest BCUT2D eigenvalue weighted by atomic mass is 35.5. The first kappa shape index (κ1) is 22.2. The Kier molecular flexibility index (Phi) is 5.71. The number of amides is 1. The number of nitro benzene ring substituents is 1. The van der Waals surface area contributed by atoms with Gasteiger partial charge in [0, 0.05) is 23.5 Å². The van der Waals surface area contributed by atoms with Gasteiger partial charge in [0.1, 0.15) is 11.9 Å². The minimum Gasteiger partial charge on any atom is -0.328 e. The van der Waals surface area contributed by atoms with Crippen LogP contribution in [0, 0.1) is 10.1 Å². The highest BCUT2D eigenvalue weighted by Crippen LogP contribution is 2.40. The van der Waals surface area contributed by atoms with Gasteiger partial charge in [-0.05, 0) is 37.3 Å². The molecule has 35 heavy (non-hydrogen) atoms. The zero-order valence-corrected chi connectivity index (χ0v) is 19.1. The number of hydrogen-bond acceptors (Lipinski definition) is 7. The first-order chi connectivity index (χ1) is 16.9. The van der Waals surface area contributed by atoms with E-state index >= 15 is 0 Å². The quantitative estimate of drug-likeness (QED) is 0.305. The van der Waals surface area contributed by atoms with Crippen LogP contribution in [0.1, 0.15) is 18.5 Å². The molecule has 10 nitrogen and oxygen atoms in total. The first-order valence-corrected chi connectivity index (χ1v) is 11.0. The zero-order chi connectivity index (χ0) is 24.5. The molecule has 1 aliphatic heterocycles. The molecule has 2 aromatic carbocycles. The lowest BCUT2D eigenvalue weighted by Gasteiger charge is -2.28. The molecule has 1 unspecified atom stereocenters. The van der Waals surface area contributed by atoms with Crippen LogP contribution in [0.15, 0.2) is 84.2 Å². The van der Waals surface area contributed by atoms with Gasteiger partial charge in [-0.25, -0.2) is 9.67 Å². The average Bonchev–Trinajstić information content (AvgIpc) is 3.27. The molecule has 0 saturated carbocycles. The largest absolute Gasteiger partial charge is 0.328 e. The van der Waals surface area contributed by atoms with Crippen LogP contribution in [0.4, 0.5) is 17.5 Å². The Morgan fingerprint density at radius 3 is 2.60 bits per heavy atom. The van der Waals surface area contributed by atoms with Crippen molar-refractivity contribution in [1.82, 2.24) is 19.7 Å². The van der Waals surface area contributed by atoms with Crippen molar-refractivity contribution in [1.29, 1.82) is 0 Å². The van der Waals surface area contributed by atoms with Crippen LogP contribution in [0.3, 0.4) is 0 Å². The van der Waals surface area contributed by atoms with Gasteiger partial charge in [-0.15, -0.1) is 5.10 Å². The van der Waals surface area contributed by atoms with Gasteiger partial charge < -0.3 is 10.6 Å². The number of nitrogens with zero attached hydrogens (tertiary/aromatic N) is 5. The minimum atomic E-state index is -0.930. The minimum absolute atomic E-state index is 0.143. The summed E-state index contributed by atoms with van der Waals surface area (Å²) < 4.78 is 1.47. The molecule has 5 rings (SSSR count). The molecule has 1 amide bonds. The molecular formula is C24H18ClN7O3. The van der Waals surface area contributed by atoms with E-state index in [9.17, 15) is 14.9 Å². The smallest absolute Gasteiger partial charge is 0.275 e. The van der Waals surface area contributed by atoms with E-state index < -0.39 is 16.9 Å². The van der Waals surface area contributed by atoms with Crippen LogP contribution in [0.5, 0.6) is 0 Å². The molecule has 0 saturated heterocycles. The number of fused-ring (bicyclic) bond motifs is 1. The highest BCUT2D eigenvalue weighted by Gasteiger charge is 2.38. The van der Waals surface area contributed by atoms with Crippen LogP contribution >= 0.6 is 11.6 Å². The zero-order valence-electron chi connectivity index (χ0n) is 18.3. The van der Waals surface area contributed by atoms with E-state index in [2.05, 4.69) is 25.7 Å². The molecule has 174 valence electrons. The number of carbonyl (C=O) groups excluding carboxylic acids is 1. The van der Waals surface area contributed by atoms with Crippen molar-refractivity contribution in [2.24, 2.45) is 0 Å². The number of nitro groups is 1. The van der Waals surface area contributed by atoms with Crippen LogP contribution in [0.2, 0.25) is 5.02 Å². The lowest BCUT2D eigenvalue weighted by molar-refractivity contribution is -0.385. The summed E-state index contributed by atoms with van der Waals surface area (Å²) in [5.41, 5.74) is 1.47. The Hall–Kier alpha value is -4.57. The third-order valence-electron chi connectivity index (χ3n) is 5.55. The van der Waals surface area contributed by atoms with Crippen molar-refractivity contribution in [2.75, 3.05) is 10.6 Å². The van der Waals surface area contributed by atoms with Gasteiger partial charge in [-0.1, -0.05) is 41.9 Å². The number of aromatic nitrogens is 4. The molecule has 0 radical (unpaired) electrons. The van der Waals surface area contributed by atoms with Crippen molar-refractivity contribution in [3.8, 4) is 11.4 Å². The molecule has 1 atom stereocenters. The summed E-state index contributed by atoms with van der Waals surface area (Å²) >= 11 is 6.36. The maximum atomic E-state index is 13.5. The Morgan fingerprint density at radius 1 is 1.11 bits per heavy atom. The number of halogens is 1. The number of nitrogens with one attached hydrogen (secondary N) is 2. The SMILES string of the molecule is CC1=C(C(=O)Nc2ccccn2)C(c2ccccc2[N+](=O)[O-])n2nc(-c3ccccc3Cl)nc2N1. The third-order valence-corrected chi connectivity index (χ3v) is 5.88. The summed E-state index contributed by atoms with van der Waals surface area (Å²) in [6.07, 6.45) is 1.56.